The molecule has 5 aliphatic rings. The quantitative estimate of drug-likeness (QED) is 0.194. The average molecular weight is 751 g/mol. The molecule has 1 aromatic carbocycles. The van der Waals surface area contributed by atoms with Gasteiger partial charge in [-0.05, 0) is 70.3 Å². The van der Waals surface area contributed by atoms with Crippen LogP contribution in [0, 0.1) is 5.92 Å². The number of allylic oxidation sites excluding steroid dienone is 1. The van der Waals surface area contributed by atoms with Gasteiger partial charge in [0.15, 0.2) is 0 Å². The summed E-state index contributed by atoms with van der Waals surface area (Å²) >= 11 is 0. The molecule has 53 heavy (non-hydrogen) atoms. The summed E-state index contributed by atoms with van der Waals surface area (Å²) in [6.45, 7) is -0.0204. The molecule has 3 saturated carbocycles. The maximum atomic E-state index is 14.4. The molecule has 1 saturated heterocycles. The van der Waals surface area contributed by atoms with Gasteiger partial charge in [0, 0.05) is 17.9 Å². The molecule has 3 heterocycles. The van der Waals surface area contributed by atoms with Crippen molar-refractivity contribution in [1.29, 1.82) is 0 Å². The Balaban J connectivity index is 1.13. The first kappa shape index (κ1) is 36.6. The van der Waals surface area contributed by atoms with Gasteiger partial charge in [-0.1, -0.05) is 48.3 Å². The summed E-state index contributed by atoms with van der Waals surface area (Å²) in [6, 6.07) is 5.30. The van der Waals surface area contributed by atoms with Gasteiger partial charge in [0.2, 0.25) is 21.8 Å². The fraction of sp³-hybridized carbons (Fsp3) is 0.583. The Morgan fingerprint density at radius 1 is 1.02 bits per heavy atom. The Labute approximate surface area is 308 Å². The highest BCUT2D eigenvalue weighted by Crippen LogP contribution is 2.46. The highest BCUT2D eigenvalue weighted by atomic mass is 32.2. The third kappa shape index (κ3) is 8.55. The number of carbonyl (C=O) groups is 4. The highest BCUT2D eigenvalue weighted by molar-refractivity contribution is 7.91. The topological polar surface area (TPSA) is 203 Å². The van der Waals surface area contributed by atoms with Crippen molar-refractivity contribution in [3.05, 3.63) is 54.6 Å². The van der Waals surface area contributed by atoms with E-state index in [9.17, 15) is 27.6 Å². The van der Waals surface area contributed by atoms with Gasteiger partial charge in [-0.2, -0.15) is 5.10 Å². The van der Waals surface area contributed by atoms with Crippen LogP contribution in [0.2, 0.25) is 0 Å². The average Bonchev–Trinajstić information content (AvgIpc) is 3.87. The van der Waals surface area contributed by atoms with Crippen LogP contribution < -0.4 is 15.4 Å². The molecule has 3 aliphatic carbocycles. The third-order valence-electron chi connectivity index (χ3n) is 10.7. The van der Waals surface area contributed by atoms with Crippen LogP contribution in [-0.4, -0.2) is 99.7 Å². The van der Waals surface area contributed by atoms with Gasteiger partial charge in [-0.15, -0.1) is 0 Å². The van der Waals surface area contributed by atoms with E-state index in [1.54, 1.807) is 11.0 Å². The highest BCUT2D eigenvalue weighted by Gasteiger charge is 2.62. The minimum Gasteiger partial charge on any atom is -0.446 e. The fourth-order valence-electron chi connectivity index (χ4n) is 7.48. The number of amides is 4. The molecule has 1 aromatic heterocycles. The number of hydrogen-bond donors (Lipinski definition) is 3. The molecule has 0 spiro atoms. The Bertz CT molecular complexity index is 1840. The van der Waals surface area contributed by atoms with Crippen LogP contribution >= 0.6 is 0 Å². The fourth-order valence-corrected chi connectivity index (χ4v) is 8.85. The van der Waals surface area contributed by atoms with E-state index in [1.807, 2.05) is 36.4 Å². The van der Waals surface area contributed by atoms with E-state index in [1.165, 1.54) is 17.4 Å². The SMILES string of the molecule is O=C(N[C@H]1CCCCC/C=C\[C@@H]2CC2(C(=O)NS(=O)(=O)C2CC2)NC(=O)[C@@H]2C[C@@H](O/N=C/c3ccccc3-n3cncn3)CN2C1=O)OC1CCCC1. The molecule has 4 fully saturated rings. The number of hydrogen-bond acceptors (Lipinski definition) is 11. The lowest BCUT2D eigenvalue weighted by Crippen LogP contribution is -2.58. The van der Waals surface area contributed by atoms with Crippen LogP contribution in [0.3, 0.4) is 0 Å². The molecule has 5 atom stereocenters. The predicted molar refractivity (Wildman–Crippen MR) is 191 cm³/mol. The third-order valence-corrected chi connectivity index (χ3v) is 12.5. The van der Waals surface area contributed by atoms with E-state index < -0.39 is 68.7 Å². The second-order valence-corrected chi connectivity index (χ2v) is 16.6. The molecule has 4 amide bonds. The number of nitrogens with zero attached hydrogens (tertiary/aromatic N) is 5. The number of alkyl carbamates (subject to hydrolysis) is 1. The second kappa shape index (κ2) is 15.7. The van der Waals surface area contributed by atoms with Crippen molar-refractivity contribution >= 4 is 40.1 Å². The lowest BCUT2D eigenvalue weighted by Gasteiger charge is -2.30. The number of nitrogens with one attached hydrogen (secondary N) is 3. The molecule has 16 nitrogen and oxygen atoms in total. The molecule has 1 unspecified atom stereocenters. The summed E-state index contributed by atoms with van der Waals surface area (Å²) < 4.78 is 35.0. The Hall–Kier alpha value is -4.80. The van der Waals surface area contributed by atoms with Crippen molar-refractivity contribution in [2.75, 3.05) is 6.54 Å². The van der Waals surface area contributed by atoms with Gasteiger partial charge in [0.25, 0.3) is 5.91 Å². The van der Waals surface area contributed by atoms with Gasteiger partial charge >= 0.3 is 6.09 Å². The number of benzene rings is 1. The van der Waals surface area contributed by atoms with Gasteiger partial charge in [-0.25, -0.2) is 22.9 Å². The van der Waals surface area contributed by atoms with E-state index in [2.05, 4.69) is 30.6 Å². The normalized spacial score (nSPS) is 28.9. The summed E-state index contributed by atoms with van der Waals surface area (Å²) in [5, 5.41) is 13.4. The largest absolute Gasteiger partial charge is 0.446 e. The molecule has 7 rings (SSSR count). The molecule has 0 bridgehead atoms. The molecule has 2 aromatic rings. The zero-order valence-electron chi connectivity index (χ0n) is 29.5. The first-order chi connectivity index (χ1) is 25.6. The van der Waals surface area contributed by atoms with E-state index in [0.29, 0.717) is 43.4 Å². The number of sulfonamides is 1. The molecule has 3 N–H and O–H groups in total. The van der Waals surface area contributed by atoms with E-state index in [-0.39, 0.29) is 25.5 Å². The monoisotopic (exact) mass is 750 g/mol. The van der Waals surface area contributed by atoms with Crippen LogP contribution in [-0.2, 0) is 34.0 Å². The van der Waals surface area contributed by atoms with E-state index in [0.717, 1.165) is 38.5 Å². The van der Waals surface area contributed by atoms with Gasteiger partial charge in [-0.3, -0.25) is 19.1 Å². The molecular weight excluding hydrogens is 705 g/mol. The number of fused-ring (bicyclic) bond motifs is 2. The Morgan fingerprint density at radius 3 is 2.58 bits per heavy atom. The summed E-state index contributed by atoms with van der Waals surface area (Å²) in [7, 11) is -3.88. The van der Waals surface area contributed by atoms with Crippen LogP contribution in [0.15, 0.2) is 54.2 Å². The standard InChI is InChI=1S/C36H46N8O8S/c45-32-31-18-27(52-39-20-24-10-6-9-15-30(24)44-23-37-22-38-44)21-43(31)33(46)29(40-35(48)51-26-12-7-8-13-26)14-5-3-1-2-4-11-25-19-36(25,41-32)34(47)42-53(49,50)28-16-17-28/h4,6,9-11,15,20,22-23,25-29,31H,1-3,5,7-8,12-14,16-19,21H2,(H,40,48)(H,41,45)(H,42,47)/b11-4-,39-20+/t25-,27-,29+,31+,36?/m1/s1. The molecule has 17 heteroatoms. The van der Waals surface area contributed by atoms with Crippen LogP contribution in [0.4, 0.5) is 4.79 Å². The van der Waals surface area contributed by atoms with Crippen LogP contribution in [0.25, 0.3) is 5.69 Å². The first-order valence-electron chi connectivity index (χ1n) is 18.6. The number of para-hydroxylation sites is 1. The molecule has 2 aliphatic heterocycles. The lowest BCUT2D eigenvalue weighted by molar-refractivity contribution is -0.141. The van der Waals surface area contributed by atoms with Crippen molar-refractivity contribution in [3.63, 3.8) is 0 Å². The number of aromatic nitrogens is 3. The van der Waals surface area contributed by atoms with E-state index in [4.69, 9.17) is 9.57 Å². The minimum atomic E-state index is -3.88. The van der Waals surface area contributed by atoms with Gasteiger partial charge < -0.3 is 25.1 Å². The maximum absolute atomic E-state index is 14.4. The molecule has 0 radical (unpaired) electrons. The minimum absolute atomic E-state index is 0.0204. The van der Waals surface area contributed by atoms with Gasteiger partial charge in [0.1, 0.15) is 42.5 Å². The van der Waals surface area contributed by atoms with Crippen molar-refractivity contribution in [3.8, 4) is 5.69 Å². The number of carbonyl (C=O) groups excluding carboxylic acids is 4. The second-order valence-electron chi connectivity index (χ2n) is 14.6. The van der Waals surface area contributed by atoms with Crippen molar-refractivity contribution in [2.45, 2.75) is 119 Å². The van der Waals surface area contributed by atoms with E-state index >= 15 is 0 Å². The summed E-state index contributed by atoms with van der Waals surface area (Å²) in [6.07, 6.45) is 14.7. The van der Waals surface area contributed by atoms with Gasteiger partial charge in [0.05, 0.1) is 23.7 Å². The Morgan fingerprint density at radius 2 is 1.81 bits per heavy atom. The zero-order valence-corrected chi connectivity index (χ0v) is 30.3. The maximum Gasteiger partial charge on any atom is 0.408 e. The molecule has 284 valence electrons. The summed E-state index contributed by atoms with van der Waals surface area (Å²) in [5.41, 5.74) is -0.0913. The number of oxime groups is 1. The van der Waals surface area contributed by atoms with Crippen molar-refractivity contribution in [2.24, 2.45) is 11.1 Å². The summed E-state index contributed by atoms with van der Waals surface area (Å²) in [5.74, 6) is -2.31. The number of ether oxygens (including phenoxy) is 1. The zero-order chi connectivity index (χ0) is 37.0. The van der Waals surface area contributed by atoms with Crippen LogP contribution in [0.1, 0.15) is 89.0 Å². The lowest BCUT2D eigenvalue weighted by atomic mass is 10.0. The first-order valence-corrected chi connectivity index (χ1v) is 20.1. The Kier molecular flexibility index (Phi) is 10.8. The van der Waals surface area contributed by atoms with Crippen molar-refractivity contribution in [1.82, 2.24) is 35.0 Å². The molecular formula is C36H46N8O8S. The van der Waals surface area contributed by atoms with Crippen molar-refractivity contribution < 1.29 is 37.2 Å². The van der Waals surface area contributed by atoms with Crippen LogP contribution in [0.5, 0.6) is 0 Å². The summed E-state index contributed by atoms with van der Waals surface area (Å²) in [4.78, 5) is 66.6. The number of rotatable bonds is 9. The smallest absolute Gasteiger partial charge is 0.408 e. The predicted octanol–water partition coefficient (Wildman–Crippen LogP) is 2.63.